The van der Waals surface area contributed by atoms with Gasteiger partial charge in [-0.3, -0.25) is 0 Å². The van der Waals surface area contributed by atoms with Crippen molar-refractivity contribution in [1.29, 1.82) is 0 Å². The summed E-state index contributed by atoms with van der Waals surface area (Å²) < 4.78 is 27.0. The fraction of sp³-hybridized carbons (Fsp3) is 0.455. The molecule has 0 spiro atoms. The van der Waals surface area contributed by atoms with Crippen LogP contribution in [0.25, 0.3) is 0 Å². The summed E-state index contributed by atoms with van der Waals surface area (Å²) in [5.74, 6) is 0. The van der Waals surface area contributed by atoms with Gasteiger partial charge in [0.05, 0.1) is 5.25 Å². The average Bonchev–Trinajstić information content (AvgIpc) is 2.17. The zero-order valence-electron chi connectivity index (χ0n) is 9.57. The molecular formula is C11H16BrNO2S. The van der Waals surface area contributed by atoms with Gasteiger partial charge in [0.2, 0.25) is 10.0 Å². The number of rotatable bonds is 4. The third-order valence-electron chi connectivity index (χ3n) is 2.33. The predicted octanol–water partition coefficient (Wildman–Crippen LogP) is 2.84. The molecule has 0 unspecified atom stereocenters. The Balaban J connectivity index is 2.81. The van der Waals surface area contributed by atoms with E-state index in [4.69, 9.17) is 0 Å². The highest BCUT2D eigenvalue weighted by molar-refractivity contribution is 9.10. The van der Waals surface area contributed by atoms with E-state index in [9.17, 15) is 8.42 Å². The lowest BCUT2D eigenvalue weighted by Gasteiger charge is -2.16. The van der Waals surface area contributed by atoms with Crippen molar-refractivity contribution in [3.8, 4) is 0 Å². The normalized spacial score (nSPS) is 14.1. The van der Waals surface area contributed by atoms with Crippen LogP contribution >= 0.6 is 15.9 Å². The van der Waals surface area contributed by atoms with Crippen molar-refractivity contribution < 1.29 is 8.42 Å². The van der Waals surface area contributed by atoms with Crippen LogP contribution in [-0.2, 0) is 10.0 Å². The first-order valence-electron chi connectivity index (χ1n) is 5.09. The van der Waals surface area contributed by atoms with Gasteiger partial charge in [-0.05, 0) is 38.5 Å². The lowest BCUT2D eigenvalue weighted by molar-refractivity contribution is 0.558. The molecule has 0 bridgehead atoms. The lowest BCUT2D eigenvalue weighted by Crippen LogP contribution is -2.32. The van der Waals surface area contributed by atoms with Crippen LogP contribution in [0.5, 0.6) is 0 Å². The Morgan fingerprint density at radius 3 is 2.06 bits per heavy atom. The van der Waals surface area contributed by atoms with E-state index in [1.165, 1.54) is 0 Å². The highest BCUT2D eigenvalue weighted by Crippen LogP contribution is 2.17. The molecule has 0 aliphatic heterocycles. The maximum absolute atomic E-state index is 11.7. The van der Waals surface area contributed by atoms with Gasteiger partial charge in [0.1, 0.15) is 0 Å². The molecule has 3 nitrogen and oxygen atoms in total. The van der Waals surface area contributed by atoms with E-state index in [1.807, 2.05) is 31.2 Å². The van der Waals surface area contributed by atoms with Crippen LogP contribution in [0.2, 0.25) is 0 Å². The maximum Gasteiger partial charge on any atom is 0.214 e. The molecule has 0 heterocycles. The topological polar surface area (TPSA) is 46.2 Å². The van der Waals surface area contributed by atoms with Gasteiger partial charge in [-0.25, -0.2) is 13.1 Å². The smallest absolute Gasteiger partial charge is 0.212 e. The van der Waals surface area contributed by atoms with Crippen LogP contribution in [-0.4, -0.2) is 13.7 Å². The van der Waals surface area contributed by atoms with E-state index in [1.54, 1.807) is 13.8 Å². The lowest BCUT2D eigenvalue weighted by atomic mass is 10.1. The van der Waals surface area contributed by atoms with Crippen molar-refractivity contribution in [1.82, 2.24) is 4.72 Å². The number of halogens is 1. The minimum Gasteiger partial charge on any atom is -0.212 e. The molecule has 0 saturated carbocycles. The Morgan fingerprint density at radius 2 is 1.62 bits per heavy atom. The zero-order chi connectivity index (χ0) is 12.3. The second-order valence-electron chi connectivity index (χ2n) is 3.98. The molecule has 5 heteroatoms. The van der Waals surface area contributed by atoms with Crippen molar-refractivity contribution in [2.24, 2.45) is 0 Å². The molecule has 1 rings (SSSR count). The highest BCUT2D eigenvalue weighted by Gasteiger charge is 2.19. The molecule has 1 atom stereocenters. The number of nitrogens with one attached hydrogen (secondary N) is 1. The number of hydrogen-bond acceptors (Lipinski definition) is 2. The van der Waals surface area contributed by atoms with Crippen LogP contribution in [0.1, 0.15) is 32.4 Å². The van der Waals surface area contributed by atoms with Gasteiger partial charge >= 0.3 is 0 Å². The number of sulfonamides is 1. The molecular weight excluding hydrogens is 290 g/mol. The first-order valence-corrected chi connectivity index (χ1v) is 7.43. The molecule has 0 fully saturated rings. The second kappa shape index (κ2) is 5.29. The number of hydrogen-bond donors (Lipinski definition) is 1. The van der Waals surface area contributed by atoms with Crippen LogP contribution < -0.4 is 4.72 Å². The SMILES string of the molecule is CC(C)S(=O)(=O)N[C@H](C)c1ccc(Br)cc1. The first kappa shape index (κ1) is 13.7. The number of benzene rings is 1. The minimum atomic E-state index is -3.22. The zero-order valence-corrected chi connectivity index (χ0v) is 12.0. The summed E-state index contributed by atoms with van der Waals surface area (Å²) in [7, 11) is -3.22. The molecule has 0 saturated heterocycles. The molecule has 90 valence electrons. The Hall–Kier alpha value is -0.390. The third kappa shape index (κ3) is 3.57. The van der Waals surface area contributed by atoms with Gasteiger partial charge < -0.3 is 0 Å². The molecule has 0 aromatic heterocycles. The van der Waals surface area contributed by atoms with Crippen molar-refractivity contribution >= 4 is 26.0 Å². The standard InChI is InChI=1S/C11H16BrNO2S/c1-8(2)16(14,15)13-9(3)10-4-6-11(12)7-5-10/h4-9,13H,1-3H3/t9-/m1/s1. The summed E-state index contributed by atoms with van der Waals surface area (Å²) >= 11 is 3.34. The molecule has 0 aliphatic rings. The van der Waals surface area contributed by atoms with Crippen LogP contribution in [0.15, 0.2) is 28.7 Å². The van der Waals surface area contributed by atoms with Gasteiger partial charge in [-0.15, -0.1) is 0 Å². The summed E-state index contributed by atoms with van der Waals surface area (Å²) in [5.41, 5.74) is 0.951. The highest BCUT2D eigenvalue weighted by atomic mass is 79.9. The summed E-state index contributed by atoms with van der Waals surface area (Å²) in [6, 6.07) is 7.39. The van der Waals surface area contributed by atoms with Crippen LogP contribution in [0.4, 0.5) is 0 Å². The third-order valence-corrected chi connectivity index (χ3v) is 4.78. The van der Waals surface area contributed by atoms with E-state index in [-0.39, 0.29) is 6.04 Å². The molecule has 1 N–H and O–H groups in total. The Kier molecular flexibility index (Phi) is 4.52. The summed E-state index contributed by atoms with van der Waals surface area (Å²) in [6.45, 7) is 5.16. The molecule has 0 radical (unpaired) electrons. The van der Waals surface area contributed by atoms with Gasteiger partial charge in [0.15, 0.2) is 0 Å². The second-order valence-corrected chi connectivity index (χ2v) is 7.17. The Bertz CT molecular complexity index is 440. The quantitative estimate of drug-likeness (QED) is 0.930. The molecule has 16 heavy (non-hydrogen) atoms. The van der Waals surface area contributed by atoms with Crippen molar-refractivity contribution in [3.63, 3.8) is 0 Å². The van der Waals surface area contributed by atoms with Crippen molar-refractivity contribution in [2.75, 3.05) is 0 Å². The molecule has 1 aromatic rings. The molecule has 0 aliphatic carbocycles. The monoisotopic (exact) mass is 305 g/mol. The average molecular weight is 306 g/mol. The Morgan fingerprint density at radius 1 is 1.12 bits per heavy atom. The van der Waals surface area contributed by atoms with Crippen molar-refractivity contribution in [2.45, 2.75) is 32.1 Å². The van der Waals surface area contributed by atoms with E-state index < -0.39 is 15.3 Å². The largest absolute Gasteiger partial charge is 0.214 e. The predicted molar refractivity (Wildman–Crippen MR) is 69.7 cm³/mol. The summed E-state index contributed by atoms with van der Waals surface area (Å²) in [5, 5.41) is -0.412. The van der Waals surface area contributed by atoms with Crippen LogP contribution in [0, 0.1) is 0 Å². The van der Waals surface area contributed by atoms with E-state index >= 15 is 0 Å². The van der Waals surface area contributed by atoms with Gasteiger partial charge in [0, 0.05) is 10.5 Å². The minimum absolute atomic E-state index is 0.208. The van der Waals surface area contributed by atoms with Gasteiger partial charge in [-0.1, -0.05) is 28.1 Å². The first-order chi connectivity index (χ1) is 7.33. The fourth-order valence-corrected chi connectivity index (χ4v) is 2.37. The Labute approximate surface area is 105 Å². The summed E-state index contributed by atoms with van der Waals surface area (Å²) in [6.07, 6.45) is 0. The summed E-state index contributed by atoms with van der Waals surface area (Å²) in [4.78, 5) is 0. The van der Waals surface area contributed by atoms with Crippen molar-refractivity contribution in [3.05, 3.63) is 34.3 Å². The van der Waals surface area contributed by atoms with E-state index in [2.05, 4.69) is 20.7 Å². The maximum atomic E-state index is 11.7. The van der Waals surface area contributed by atoms with Gasteiger partial charge in [-0.2, -0.15) is 0 Å². The van der Waals surface area contributed by atoms with E-state index in [0.717, 1.165) is 10.0 Å². The van der Waals surface area contributed by atoms with Gasteiger partial charge in [0.25, 0.3) is 0 Å². The molecule has 0 amide bonds. The van der Waals surface area contributed by atoms with E-state index in [0.29, 0.717) is 0 Å². The fourth-order valence-electron chi connectivity index (χ4n) is 1.20. The van der Waals surface area contributed by atoms with Crippen LogP contribution in [0.3, 0.4) is 0 Å². The molecule has 1 aromatic carbocycles.